The quantitative estimate of drug-likeness (QED) is 0.151. The van der Waals surface area contributed by atoms with Crippen LogP contribution in [-0.4, -0.2) is 0 Å². The van der Waals surface area contributed by atoms with Crippen molar-refractivity contribution in [1.82, 2.24) is 0 Å². The van der Waals surface area contributed by atoms with Gasteiger partial charge in [-0.05, 0) is 232 Å². The average Bonchev–Trinajstić information content (AvgIpc) is 2.41. The second-order valence-electron chi connectivity index (χ2n) is 28.8. The van der Waals surface area contributed by atoms with Gasteiger partial charge in [-0.15, -0.1) is 0 Å². The van der Waals surface area contributed by atoms with Gasteiger partial charge in [-0.25, -0.2) is 0 Å². The maximum atomic E-state index is 7.78. The Morgan fingerprint density at radius 1 is 0.305 bits per heavy atom. The third-order valence-corrected chi connectivity index (χ3v) is 25.2. The Morgan fingerprint density at radius 3 is 0.780 bits per heavy atom. The largest absolute Gasteiger partial charge is 0.453 e. The van der Waals surface area contributed by atoms with E-state index in [0.29, 0.717) is 11.5 Å². The molecule has 8 heteroatoms. The normalized spacial score (nSPS) is 22.0. The van der Waals surface area contributed by atoms with Gasteiger partial charge in [0.2, 0.25) is 0 Å². The summed E-state index contributed by atoms with van der Waals surface area (Å²) in [5, 5.41) is 5.40. The SMILES string of the molecule is CC1(c2cc3c(c4c2op(Oc2ccccc2Op2oc5c(C6(C)CCCCC6)cc6c(c5c5c7c(cc(C8(C)CCCCC8)c5o2)CCCC7)CCCC6)oc2c(C5(C)CCCCC5)cc5c(c24)CCCC5)CCCC3)CCCCC1. The summed E-state index contributed by atoms with van der Waals surface area (Å²) in [6.07, 6.45) is 43.2. The third kappa shape index (κ3) is 9.46. The molecule has 2 heterocycles. The van der Waals surface area contributed by atoms with Crippen molar-refractivity contribution >= 4 is 60.4 Å². The number of hydrogen-bond donors (Lipinski definition) is 0. The summed E-state index contributed by atoms with van der Waals surface area (Å²) in [5.74, 6) is 1.22. The third-order valence-electron chi connectivity index (χ3n) is 23.2. The van der Waals surface area contributed by atoms with Crippen LogP contribution in [-0.2, 0) is 73.0 Å². The molecule has 0 saturated heterocycles. The first-order chi connectivity index (χ1) is 40.1. The molecular weight excluding hydrogens is 1050 g/mol. The average molecular weight is 1140 g/mol. The van der Waals surface area contributed by atoms with Gasteiger partial charge in [0.05, 0.1) is 0 Å². The summed E-state index contributed by atoms with van der Waals surface area (Å²) in [6, 6.07) is 18.8. The lowest BCUT2D eigenvalue weighted by molar-refractivity contribution is 0.318. The maximum absolute atomic E-state index is 7.78. The summed E-state index contributed by atoms with van der Waals surface area (Å²) >= 11 is 0. The molecular formula is C74H92O6P2. The molecule has 434 valence electrons. The summed E-state index contributed by atoms with van der Waals surface area (Å²) in [4.78, 5) is 0. The van der Waals surface area contributed by atoms with E-state index < -0.39 is 16.5 Å². The van der Waals surface area contributed by atoms with Crippen molar-refractivity contribution in [2.75, 3.05) is 0 Å². The van der Waals surface area contributed by atoms with Crippen LogP contribution in [0.4, 0.5) is 0 Å². The van der Waals surface area contributed by atoms with Crippen LogP contribution in [0.15, 0.2) is 65.3 Å². The van der Waals surface area contributed by atoms with Gasteiger partial charge in [0.25, 0.3) is 0 Å². The van der Waals surface area contributed by atoms with Crippen molar-refractivity contribution < 1.29 is 25.8 Å². The number of hydrogen-bond acceptors (Lipinski definition) is 6. The van der Waals surface area contributed by atoms with Gasteiger partial charge >= 0.3 is 16.5 Å². The zero-order chi connectivity index (χ0) is 55.2. The van der Waals surface area contributed by atoms with Crippen LogP contribution in [0.2, 0.25) is 0 Å². The van der Waals surface area contributed by atoms with Gasteiger partial charge in [0.15, 0.2) is 11.5 Å². The molecule has 0 spiro atoms. The number of para-hydroxylation sites is 2. The molecule has 0 aliphatic heterocycles. The van der Waals surface area contributed by atoms with Gasteiger partial charge < -0.3 is 25.8 Å². The minimum Gasteiger partial charge on any atom is -0.390 e. The smallest absolute Gasteiger partial charge is 0.390 e. The fourth-order valence-electron chi connectivity index (χ4n) is 18.3. The molecule has 6 nitrogen and oxygen atoms in total. The molecule has 15 rings (SSSR count). The highest BCUT2D eigenvalue weighted by atomic mass is 31.1. The molecule has 82 heavy (non-hydrogen) atoms. The van der Waals surface area contributed by atoms with E-state index in [2.05, 4.69) is 76.2 Å². The summed E-state index contributed by atoms with van der Waals surface area (Å²) in [7, 11) is -4.06. The second-order valence-corrected chi connectivity index (χ2v) is 30.8. The van der Waals surface area contributed by atoms with E-state index in [1.165, 1.54) is 246 Å². The molecule has 0 atom stereocenters. The van der Waals surface area contributed by atoms with Crippen LogP contribution >= 0.6 is 16.5 Å². The Balaban J connectivity index is 0.983. The minimum absolute atomic E-state index is 0.00267. The molecule has 8 aliphatic carbocycles. The van der Waals surface area contributed by atoms with Crippen molar-refractivity contribution in [2.45, 2.75) is 281 Å². The number of benzene rings is 5. The van der Waals surface area contributed by atoms with Crippen molar-refractivity contribution in [3.63, 3.8) is 0 Å². The first-order valence-electron chi connectivity index (χ1n) is 33.6. The first kappa shape index (κ1) is 54.2. The highest BCUT2D eigenvalue weighted by Crippen LogP contribution is 2.56. The van der Waals surface area contributed by atoms with Gasteiger partial charge in [-0.2, -0.15) is 0 Å². The molecule has 4 fully saturated rings. The zero-order valence-electron chi connectivity index (χ0n) is 50.4. The van der Waals surface area contributed by atoms with E-state index in [-0.39, 0.29) is 21.7 Å². The topological polar surface area (TPSA) is 71.0 Å². The van der Waals surface area contributed by atoms with Crippen LogP contribution in [0.25, 0.3) is 43.9 Å². The molecule has 8 aliphatic rings. The fourth-order valence-corrected chi connectivity index (χ4v) is 20.5. The van der Waals surface area contributed by atoms with Crippen molar-refractivity contribution in [3.05, 3.63) is 115 Å². The Bertz CT molecular complexity index is 3250. The maximum Gasteiger partial charge on any atom is 0.453 e. The van der Waals surface area contributed by atoms with E-state index in [9.17, 15) is 0 Å². The van der Waals surface area contributed by atoms with E-state index >= 15 is 0 Å². The fraction of sp³-hybridized carbons (Fsp3) is 0.595. The lowest BCUT2D eigenvalue weighted by atomic mass is 9.68. The van der Waals surface area contributed by atoms with Gasteiger partial charge in [0, 0.05) is 43.8 Å². The molecule has 0 radical (unpaired) electrons. The highest BCUT2D eigenvalue weighted by molar-refractivity contribution is 7.32. The van der Waals surface area contributed by atoms with Crippen LogP contribution in [0.1, 0.15) is 274 Å². The van der Waals surface area contributed by atoms with E-state index in [1.807, 2.05) is 0 Å². The zero-order valence-corrected chi connectivity index (χ0v) is 52.2. The van der Waals surface area contributed by atoms with Crippen LogP contribution in [0.3, 0.4) is 0 Å². The summed E-state index contributed by atoms with van der Waals surface area (Å²) in [5.41, 5.74) is 21.9. The van der Waals surface area contributed by atoms with Gasteiger partial charge in [0.1, 0.15) is 22.3 Å². The number of rotatable bonds is 8. The van der Waals surface area contributed by atoms with Crippen molar-refractivity contribution in [2.24, 2.45) is 0 Å². The van der Waals surface area contributed by atoms with Crippen LogP contribution < -0.4 is 9.05 Å². The van der Waals surface area contributed by atoms with E-state index in [1.54, 1.807) is 22.3 Å². The van der Waals surface area contributed by atoms with E-state index in [0.717, 1.165) is 73.7 Å². The number of aryl methyl sites for hydroxylation is 8. The van der Waals surface area contributed by atoms with Crippen LogP contribution in [0, 0.1) is 0 Å². The first-order valence-corrected chi connectivity index (χ1v) is 35.8. The van der Waals surface area contributed by atoms with Crippen molar-refractivity contribution in [3.8, 4) is 11.5 Å². The van der Waals surface area contributed by atoms with Gasteiger partial charge in [-0.3, -0.25) is 0 Å². The summed E-state index contributed by atoms with van der Waals surface area (Å²) in [6.45, 7) is 10.2. The molecule has 2 aromatic heterocycles. The Labute approximate surface area is 490 Å². The molecule has 0 N–H and O–H groups in total. The minimum atomic E-state index is -2.03. The Kier molecular flexibility index (Phi) is 14.4. The lowest BCUT2D eigenvalue weighted by Gasteiger charge is -2.36. The predicted octanol–water partition coefficient (Wildman–Crippen LogP) is 23.0. The molecule has 0 unspecified atom stereocenters. The predicted molar refractivity (Wildman–Crippen MR) is 339 cm³/mol. The highest BCUT2D eigenvalue weighted by Gasteiger charge is 2.41. The molecule has 7 aromatic rings. The van der Waals surface area contributed by atoms with Crippen LogP contribution in [0.5, 0.6) is 11.5 Å². The van der Waals surface area contributed by atoms with Crippen molar-refractivity contribution in [1.29, 1.82) is 0 Å². The Hall–Kier alpha value is -4.50. The molecule has 0 amide bonds. The molecule has 5 aromatic carbocycles. The monoisotopic (exact) mass is 1140 g/mol. The molecule has 0 bridgehead atoms. The second kappa shape index (κ2) is 21.8. The Morgan fingerprint density at radius 2 is 0.537 bits per heavy atom. The van der Waals surface area contributed by atoms with Gasteiger partial charge in [-0.1, -0.05) is 141 Å². The number of fused-ring (bicyclic) bond motifs is 14. The summed E-state index contributed by atoms with van der Waals surface area (Å²) < 4.78 is 46.2. The molecule has 4 saturated carbocycles. The lowest BCUT2D eigenvalue weighted by Crippen LogP contribution is -2.26. The van der Waals surface area contributed by atoms with E-state index in [4.69, 9.17) is 25.8 Å². The standard InChI is InChI=1S/C74H92O6P2/c1-71(37-19-5-20-38-71)57-45-49-27-9-13-31-53(49)63-64-54-32-14-10-28-50(54)46-58(72(2)39-21-6-22-40-72)68(64)78-81(77-67(57)63)75-61-35-17-18-36-62(61)76-82-79-69-59(73(3)41-23-7-24-42-73)47-51-29-11-15-33-55(51)65(69)66-56-34-16-12-30-52(56)48-60(70(66)80-82)74(4)43-25-8-26-44-74/h17-18,35-36,45-48H,5-16,19-34,37-44H2,1-4H3.